The third kappa shape index (κ3) is 2.62. The van der Waals surface area contributed by atoms with Gasteiger partial charge in [-0.1, -0.05) is 30.3 Å². The second kappa shape index (κ2) is 5.58. The van der Waals surface area contributed by atoms with Gasteiger partial charge in [-0.3, -0.25) is 0 Å². The minimum atomic E-state index is -0.404. The number of nitrogens with two attached hydrogens (primary N) is 1. The van der Waals surface area contributed by atoms with Gasteiger partial charge in [0.15, 0.2) is 11.6 Å². The molecule has 3 rings (SSSR count). The van der Waals surface area contributed by atoms with Crippen LogP contribution in [0.2, 0.25) is 0 Å². The standard InChI is InChI=1S/C17H16FNO2/c1-20-15-8-4-6-12(17(15)18)9-13(19)16-10-11-5-2-3-7-14(11)21-16/h2-8,10,13H,9,19H2,1H3. The van der Waals surface area contributed by atoms with Crippen LogP contribution in [-0.4, -0.2) is 7.11 Å². The highest BCUT2D eigenvalue weighted by molar-refractivity contribution is 5.77. The first-order valence-corrected chi connectivity index (χ1v) is 6.74. The van der Waals surface area contributed by atoms with Gasteiger partial charge in [-0.05, 0) is 30.2 Å². The number of halogens is 1. The third-order valence-electron chi connectivity index (χ3n) is 3.51. The lowest BCUT2D eigenvalue weighted by atomic mass is 10.0. The maximum atomic E-state index is 14.1. The van der Waals surface area contributed by atoms with Gasteiger partial charge in [0, 0.05) is 5.39 Å². The van der Waals surface area contributed by atoms with Crippen LogP contribution in [0, 0.1) is 5.82 Å². The minimum Gasteiger partial charge on any atom is -0.494 e. The Bertz CT molecular complexity index is 733. The predicted molar refractivity (Wildman–Crippen MR) is 79.8 cm³/mol. The molecule has 3 aromatic rings. The molecule has 1 atom stereocenters. The van der Waals surface area contributed by atoms with E-state index in [9.17, 15) is 4.39 Å². The van der Waals surface area contributed by atoms with E-state index in [0.29, 0.717) is 17.7 Å². The van der Waals surface area contributed by atoms with Crippen molar-refractivity contribution in [2.24, 2.45) is 5.73 Å². The topological polar surface area (TPSA) is 48.4 Å². The molecule has 0 saturated heterocycles. The SMILES string of the molecule is COc1cccc(CC(N)c2cc3ccccc3o2)c1F. The van der Waals surface area contributed by atoms with Crippen LogP contribution < -0.4 is 10.5 Å². The molecule has 0 radical (unpaired) electrons. The van der Waals surface area contributed by atoms with Crippen molar-refractivity contribution >= 4 is 11.0 Å². The Morgan fingerprint density at radius 1 is 1.19 bits per heavy atom. The molecule has 0 saturated carbocycles. The van der Waals surface area contributed by atoms with Gasteiger partial charge in [-0.2, -0.15) is 0 Å². The highest BCUT2D eigenvalue weighted by Gasteiger charge is 2.16. The predicted octanol–water partition coefficient (Wildman–Crippen LogP) is 3.82. The lowest BCUT2D eigenvalue weighted by Gasteiger charge is -2.11. The van der Waals surface area contributed by atoms with E-state index in [-0.39, 0.29) is 11.6 Å². The first kappa shape index (κ1) is 13.6. The monoisotopic (exact) mass is 285 g/mol. The van der Waals surface area contributed by atoms with Crippen molar-refractivity contribution in [2.45, 2.75) is 12.5 Å². The van der Waals surface area contributed by atoms with Crippen molar-refractivity contribution in [3.05, 3.63) is 65.7 Å². The zero-order chi connectivity index (χ0) is 14.8. The summed E-state index contributed by atoms with van der Waals surface area (Å²) in [5.74, 6) is 0.509. The highest BCUT2D eigenvalue weighted by Crippen LogP contribution is 2.27. The van der Waals surface area contributed by atoms with Crippen molar-refractivity contribution in [3.63, 3.8) is 0 Å². The summed E-state index contributed by atoms with van der Waals surface area (Å²) in [5.41, 5.74) is 7.45. The molecule has 0 aliphatic rings. The van der Waals surface area contributed by atoms with Crippen molar-refractivity contribution in [3.8, 4) is 5.75 Å². The number of hydrogen-bond donors (Lipinski definition) is 1. The van der Waals surface area contributed by atoms with E-state index in [0.717, 1.165) is 11.0 Å². The number of hydrogen-bond acceptors (Lipinski definition) is 3. The van der Waals surface area contributed by atoms with Crippen molar-refractivity contribution in [1.29, 1.82) is 0 Å². The Hall–Kier alpha value is -2.33. The molecule has 1 heterocycles. The molecule has 21 heavy (non-hydrogen) atoms. The quantitative estimate of drug-likeness (QED) is 0.792. The summed E-state index contributed by atoms with van der Waals surface area (Å²) in [5, 5.41) is 0.995. The van der Waals surface area contributed by atoms with Gasteiger partial charge in [-0.15, -0.1) is 0 Å². The van der Waals surface area contributed by atoms with Crippen LogP contribution in [0.25, 0.3) is 11.0 Å². The van der Waals surface area contributed by atoms with Crippen molar-refractivity contribution in [1.82, 2.24) is 0 Å². The number of benzene rings is 2. The molecular weight excluding hydrogens is 269 g/mol. The molecule has 1 unspecified atom stereocenters. The van der Waals surface area contributed by atoms with Crippen LogP contribution in [-0.2, 0) is 6.42 Å². The minimum absolute atomic E-state index is 0.226. The molecular formula is C17H16FNO2. The fourth-order valence-corrected chi connectivity index (χ4v) is 2.39. The van der Waals surface area contributed by atoms with Gasteiger partial charge in [0.25, 0.3) is 0 Å². The van der Waals surface area contributed by atoms with Crippen molar-refractivity contribution in [2.75, 3.05) is 7.11 Å². The number of methoxy groups -OCH3 is 1. The second-order valence-corrected chi connectivity index (χ2v) is 4.93. The first-order chi connectivity index (χ1) is 10.2. The molecule has 0 spiro atoms. The molecule has 2 aromatic carbocycles. The van der Waals surface area contributed by atoms with Gasteiger partial charge >= 0.3 is 0 Å². The Morgan fingerprint density at radius 2 is 2.00 bits per heavy atom. The molecule has 0 aliphatic carbocycles. The first-order valence-electron chi connectivity index (χ1n) is 6.74. The summed E-state index contributed by atoms with van der Waals surface area (Å²) < 4.78 is 24.8. The Labute approximate surface area is 122 Å². The normalized spacial score (nSPS) is 12.5. The van der Waals surface area contributed by atoms with Crippen LogP contribution >= 0.6 is 0 Å². The van der Waals surface area contributed by atoms with Crippen LogP contribution in [0.4, 0.5) is 4.39 Å². The van der Waals surface area contributed by atoms with Gasteiger partial charge in [-0.25, -0.2) is 4.39 Å². The van der Waals surface area contributed by atoms with Crippen molar-refractivity contribution < 1.29 is 13.5 Å². The van der Waals surface area contributed by atoms with Crippen LogP contribution in [0.15, 0.2) is 52.9 Å². The van der Waals surface area contributed by atoms with E-state index in [1.807, 2.05) is 30.3 Å². The average Bonchev–Trinajstić information content (AvgIpc) is 2.93. The van der Waals surface area contributed by atoms with E-state index in [1.165, 1.54) is 7.11 Å². The van der Waals surface area contributed by atoms with Gasteiger partial charge in [0.05, 0.1) is 13.2 Å². The van der Waals surface area contributed by atoms with Crippen LogP contribution in [0.3, 0.4) is 0 Å². The molecule has 1 aromatic heterocycles. The molecule has 2 N–H and O–H groups in total. The largest absolute Gasteiger partial charge is 0.494 e. The smallest absolute Gasteiger partial charge is 0.168 e. The highest BCUT2D eigenvalue weighted by atomic mass is 19.1. The van der Waals surface area contributed by atoms with E-state index < -0.39 is 6.04 Å². The average molecular weight is 285 g/mol. The summed E-state index contributed by atoms with van der Waals surface area (Å²) in [6.45, 7) is 0. The van der Waals surface area contributed by atoms with Gasteiger partial charge < -0.3 is 14.9 Å². The van der Waals surface area contributed by atoms with Crippen LogP contribution in [0.5, 0.6) is 5.75 Å². The fourth-order valence-electron chi connectivity index (χ4n) is 2.39. The van der Waals surface area contributed by atoms with Crippen LogP contribution in [0.1, 0.15) is 17.4 Å². The number of para-hydroxylation sites is 1. The summed E-state index contributed by atoms with van der Waals surface area (Å²) in [6.07, 6.45) is 0.350. The number of fused-ring (bicyclic) bond motifs is 1. The summed E-state index contributed by atoms with van der Waals surface area (Å²) in [6, 6.07) is 14.2. The second-order valence-electron chi connectivity index (χ2n) is 4.93. The molecule has 0 amide bonds. The number of rotatable bonds is 4. The number of ether oxygens (including phenoxy) is 1. The summed E-state index contributed by atoms with van der Waals surface area (Å²) >= 11 is 0. The zero-order valence-corrected chi connectivity index (χ0v) is 11.7. The maximum absolute atomic E-state index is 14.1. The van der Waals surface area contributed by atoms with Gasteiger partial charge in [0.2, 0.25) is 0 Å². The fraction of sp³-hybridized carbons (Fsp3) is 0.176. The Balaban J connectivity index is 1.87. The molecule has 3 nitrogen and oxygen atoms in total. The van der Waals surface area contributed by atoms with E-state index in [4.69, 9.17) is 14.9 Å². The van der Waals surface area contributed by atoms with E-state index >= 15 is 0 Å². The molecule has 0 fully saturated rings. The molecule has 0 aliphatic heterocycles. The maximum Gasteiger partial charge on any atom is 0.168 e. The Kier molecular flexibility index (Phi) is 3.62. The van der Waals surface area contributed by atoms with E-state index in [1.54, 1.807) is 18.2 Å². The molecule has 4 heteroatoms. The van der Waals surface area contributed by atoms with E-state index in [2.05, 4.69) is 0 Å². The lowest BCUT2D eigenvalue weighted by molar-refractivity contribution is 0.382. The number of furan rings is 1. The van der Waals surface area contributed by atoms with Gasteiger partial charge in [0.1, 0.15) is 11.3 Å². The summed E-state index contributed by atoms with van der Waals surface area (Å²) in [7, 11) is 1.45. The molecule has 108 valence electrons. The third-order valence-corrected chi connectivity index (χ3v) is 3.51. The summed E-state index contributed by atoms with van der Waals surface area (Å²) in [4.78, 5) is 0. The molecule has 0 bridgehead atoms. The Morgan fingerprint density at radius 3 is 2.76 bits per heavy atom. The lowest BCUT2D eigenvalue weighted by Crippen LogP contribution is -2.13. The zero-order valence-electron chi connectivity index (χ0n) is 11.7.